The summed E-state index contributed by atoms with van der Waals surface area (Å²) in [6, 6.07) is 5.58. The molecule has 0 radical (unpaired) electrons. The van der Waals surface area contributed by atoms with Crippen LogP contribution in [0, 0.1) is 0 Å². The van der Waals surface area contributed by atoms with E-state index in [9.17, 15) is 0 Å². The molecule has 0 heterocycles. The molecule has 16 heavy (non-hydrogen) atoms. The number of thioether (sulfide) groups is 1. The van der Waals surface area contributed by atoms with Gasteiger partial charge in [0, 0.05) is 26.9 Å². The summed E-state index contributed by atoms with van der Waals surface area (Å²) in [5.74, 6) is 1.41. The standard InChI is InChI=1S/C11H13Cl2NOS/c1-2-15-9-3-4-10(14)11(5-9)16-7-8(13)6-12/h3-6H,2,7,14H2,1H3. The van der Waals surface area contributed by atoms with Gasteiger partial charge in [-0.05, 0) is 25.1 Å². The maximum absolute atomic E-state index is 5.84. The first-order valence-corrected chi connectivity index (χ1v) is 6.57. The fourth-order valence-corrected chi connectivity index (χ4v) is 2.22. The van der Waals surface area contributed by atoms with Crippen LogP contribution in [0.3, 0.4) is 0 Å². The molecular formula is C11H13Cl2NOS. The zero-order valence-electron chi connectivity index (χ0n) is 8.87. The van der Waals surface area contributed by atoms with Crippen LogP contribution in [-0.4, -0.2) is 12.4 Å². The Morgan fingerprint density at radius 1 is 1.56 bits per heavy atom. The first kappa shape index (κ1) is 13.6. The number of nitrogens with two attached hydrogens (primary N) is 1. The smallest absolute Gasteiger partial charge is 0.120 e. The van der Waals surface area contributed by atoms with E-state index in [2.05, 4.69) is 0 Å². The van der Waals surface area contributed by atoms with Gasteiger partial charge in [0.1, 0.15) is 5.75 Å². The van der Waals surface area contributed by atoms with Crippen molar-refractivity contribution in [2.75, 3.05) is 18.1 Å². The van der Waals surface area contributed by atoms with Gasteiger partial charge in [-0.3, -0.25) is 0 Å². The Morgan fingerprint density at radius 3 is 2.94 bits per heavy atom. The van der Waals surface area contributed by atoms with Crippen molar-refractivity contribution in [3.63, 3.8) is 0 Å². The van der Waals surface area contributed by atoms with E-state index in [0.717, 1.165) is 10.6 Å². The molecule has 0 unspecified atom stereocenters. The molecular weight excluding hydrogens is 265 g/mol. The van der Waals surface area contributed by atoms with Crippen LogP contribution in [0.4, 0.5) is 5.69 Å². The Kier molecular flexibility index (Phi) is 5.88. The molecule has 2 nitrogen and oxygen atoms in total. The summed E-state index contributed by atoms with van der Waals surface area (Å²) in [4.78, 5) is 0.947. The van der Waals surface area contributed by atoms with E-state index in [0.29, 0.717) is 23.1 Å². The maximum Gasteiger partial charge on any atom is 0.120 e. The van der Waals surface area contributed by atoms with Gasteiger partial charge in [-0.1, -0.05) is 23.2 Å². The number of benzene rings is 1. The van der Waals surface area contributed by atoms with Gasteiger partial charge in [-0.15, -0.1) is 11.8 Å². The summed E-state index contributed by atoms with van der Waals surface area (Å²) in [7, 11) is 0. The molecule has 0 fully saturated rings. The van der Waals surface area contributed by atoms with Crippen molar-refractivity contribution in [3.8, 4) is 5.75 Å². The van der Waals surface area contributed by atoms with Crippen LogP contribution in [0.1, 0.15) is 6.92 Å². The molecule has 1 aromatic carbocycles. The molecule has 0 aliphatic carbocycles. The molecule has 0 saturated heterocycles. The fourth-order valence-electron chi connectivity index (χ4n) is 1.07. The van der Waals surface area contributed by atoms with Crippen LogP contribution >= 0.6 is 35.0 Å². The van der Waals surface area contributed by atoms with Gasteiger partial charge in [0.05, 0.1) is 6.61 Å². The van der Waals surface area contributed by atoms with E-state index in [4.69, 9.17) is 33.7 Å². The number of rotatable bonds is 5. The average molecular weight is 278 g/mol. The second-order valence-corrected chi connectivity index (χ2v) is 4.70. The molecule has 0 aliphatic heterocycles. The summed E-state index contributed by atoms with van der Waals surface area (Å²) in [6.07, 6.45) is 0. The highest BCUT2D eigenvalue weighted by Gasteiger charge is 2.03. The van der Waals surface area contributed by atoms with Crippen molar-refractivity contribution in [3.05, 3.63) is 28.8 Å². The van der Waals surface area contributed by atoms with Crippen molar-refractivity contribution < 1.29 is 4.74 Å². The lowest BCUT2D eigenvalue weighted by Gasteiger charge is -2.08. The van der Waals surface area contributed by atoms with Gasteiger partial charge in [0.15, 0.2) is 0 Å². The highest BCUT2D eigenvalue weighted by molar-refractivity contribution is 7.99. The number of halogens is 2. The van der Waals surface area contributed by atoms with E-state index in [1.165, 1.54) is 17.3 Å². The number of hydrogen-bond acceptors (Lipinski definition) is 3. The van der Waals surface area contributed by atoms with E-state index < -0.39 is 0 Å². The Morgan fingerprint density at radius 2 is 2.31 bits per heavy atom. The summed E-state index contributed by atoms with van der Waals surface area (Å²) in [5, 5.41) is 0.591. The lowest BCUT2D eigenvalue weighted by Crippen LogP contribution is -1.94. The highest BCUT2D eigenvalue weighted by Crippen LogP contribution is 2.31. The van der Waals surface area contributed by atoms with Crippen LogP contribution in [0.25, 0.3) is 0 Å². The molecule has 0 saturated carbocycles. The summed E-state index contributed by atoms with van der Waals surface area (Å²) in [5.41, 5.74) is 7.91. The third kappa shape index (κ3) is 4.16. The predicted octanol–water partition coefficient (Wildman–Crippen LogP) is 4.08. The van der Waals surface area contributed by atoms with E-state index in [1.807, 2.05) is 25.1 Å². The Balaban J connectivity index is 2.73. The fraction of sp³-hybridized carbons (Fsp3) is 0.273. The quantitative estimate of drug-likeness (QED) is 0.651. The van der Waals surface area contributed by atoms with Gasteiger partial charge in [-0.25, -0.2) is 0 Å². The molecule has 0 amide bonds. The van der Waals surface area contributed by atoms with E-state index in [1.54, 1.807) is 0 Å². The number of anilines is 1. The van der Waals surface area contributed by atoms with Crippen molar-refractivity contribution >= 4 is 40.7 Å². The van der Waals surface area contributed by atoms with Crippen molar-refractivity contribution in [1.29, 1.82) is 0 Å². The summed E-state index contributed by atoms with van der Waals surface area (Å²) in [6.45, 7) is 2.58. The minimum atomic E-state index is 0.591. The second kappa shape index (κ2) is 6.94. The Hall–Kier alpha value is -0.510. The SMILES string of the molecule is CCOc1ccc(N)c(SCC(Cl)=CCl)c1. The van der Waals surface area contributed by atoms with Crippen LogP contribution in [-0.2, 0) is 0 Å². The Labute approximate surface area is 110 Å². The van der Waals surface area contributed by atoms with Crippen molar-refractivity contribution in [2.24, 2.45) is 0 Å². The van der Waals surface area contributed by atoms with Gasteiger partial charge in [-0.2, -0.15) is 0 Å². The molecule has 2 N–H and O–H groups in total. The van der Waals surface area contributed by atoms with Crippen LogP contribution < -0.4 is 10.5 Å². The summed E-state index contributed by atoms with van der Waals surface area (Å²) < 4.78 is 5.39. The normalized spacial score (nSPS) is 11.6. The largest absolute Gasteiger partial charge is 0.494 e. The summed E-state index contributed by atoms with van der Waals surface area (Å²) >= 11 is 12.8. The minimum absolute atomic E-state index is 0.591. The predicted molar refractivity (Wildman–Crippen MR) is 72.5 cm³/mol. The zero-order valence-corrected chi connectivity index (χ0v) is 11.2. The van der Waals surface area contributed by atoms with E-state index in [-0.39, 0.29) is 0 Å². The van der Waals surface area contributed by atoms with Crippen LogP contribution in [0.5, 0.6) is 5.75 Å². The maximum atomic E-state index is 5.84. The zero-order chi connectivity index (χ0) is 12.0. The molecule has 1 aromatic rings. The van der Waals surface area contributed by atoms with Gasteiger partial charge in [0.2, 0.25) is 0 Å². The molecule has 5 heteroatoms. The van der Waals surface area contributed by atoms with Crippen LogP contribution in [0.2, 0.25) is 0 Å². The van der Waals surface area contributed by atoms with E-state index >= 15 is 0 Å². The van der Waals surface area contributed by atoms with Gasteiger partial charge < -0.3 is 10.5 Å². The third-order valence-electron chi connectivity index (χ3n) is 1.78. The number of ether oxygens (including phenoxy) is 1. The van der Waals surface area contributed by atoms with Crippen molar-refractivity contribution in [1.82, 2.24) is 0 Å². The molecule has 88 valence electrons. The highest BCUT2D eigenvalue weighted by atomic mass is 35.5. The number of nitrogen functional groups attached to an aromatic ring is 1. The lowest BCUT2D eigenvalue weighted by molar-refractivity contribution is 0.339. The Bertz CT molecular complexity index is 382. The monoisotopic (exact) mass is 277 g/mol. The molecule has 1 rings (SSSR count). The first-order valence-electron chi connectivity index (χ1n) is 4.77. The van der Waals surface area contributed by atoms with Crippen LogP contribution in [0.15, 0.2) is 33.7 Å². The molecule has 0 aliphatic rings. The molecule has 0 atom stereocenters. The van der Waals surface area contributed by atoms with Crippen molar-refractivity contribution in [2.45, 2.75) is 11.8 Å². The van der Waals surface area contributed by atoms with Gasteiger partial charge in [0.25, 0.3) is 0 Å². The third-order valence-corrected chi connectivity index (χ3v) is 3.68. The van der Waals surface area contributed by atoms with Gasteiger partial charge >= 0.3 is 0 Å². The molecule has 0 spiro atoms. The first-order chi connectivity index (χ1) is 7.67. The molecule has 0 bridgehead atoms. The number of hydrogen-bond donors (Lipinski definition) is 1. The topological polar surface area (TPSA) is 35.2 Å². The minimum Gasteiger partial charge on any atom is -0.494 e. The lowest BCUT2D eigenvalue weighted by atomic mass is 10.3. The molecule has 0 aromatic heterocycles. The average Bonchev–Trinajstić information content (AvgIpc) is 2.29. The second-order valence-electron chi connectivity index (χ2n) is 2.98.